The van der Waals surface area contributed by atoms with Crippen molar-refractivity contribution in [1.82, 2.24) is 5.32 Å². The van der Waals surface area contributed by atoms with Crippen molar-refractivity contribution in [2.75, 3.05) is 18.0 Å². The number of hydrogen-bond acceptors (Lipinski definition) is 2. The van der Waals surface area contributed by atoms with E-state index in [-0.39, 0.29) is 5.54 Å². The SMILES string of the molecule is CC1(C)CCCN(c2ccc(Cl)cc2CNC(C)(C)C)C1. The third-order valence-corrected chi connectivity index (χ3v) is 4.33. The van der Waals surface area contributed by atoms with Crippen molar-refractivity contribution < 1.29 is 0 Å². The van der Waals surface area contributed by atoms with E-state index in [2.05, 4.69) is 57.0 Å². The molecular formula is C18H29ClN2. The van der Waals surface area contributed by atoms with Gasteiger partial charge in [-0.3, -0.25) is 0 Å². The number of piperidine rings is 1. The zero-order valence-corrected chi connectivity index (χ0v) is 14.8. The van der Waals surface area contributed by atoms with Crippen LogP contribution < -0.4 is 10.2 Å². The highest BCUT2D eigenvalue weighted by molar-refractivity contribution is 6.30. The average Bonchev–Trinajstić information content (AvgIpc) is 2.34. The Hall–Kier alpha value is -0.730. The molecule has 0 amide bonds. The highest BCUT2D eigenvalue weighted by atomic mass is 35.5. The second-order valence-corrected chi connectivity index (χ2v) is 8.50. The molecule has 0 unspecified atom stereocenters. The first kappa shape index (κ1) is 16.6. The molecule has 1 aromatic carbocycles. The Bertz CT molecular complexity index is 488. The summed E-state index contributed by atoms with van der Waals surface area (Å²) in [5, 5.41) is 4.40. The van der Waals surface area contributed by atoms with Crippen molar-refractivity contribution in [2.24, 2.45) is 5.41 Å². The lowest BCUT2D eigenvalue weighted by molar-refractivity contribution is 0.292. The largest absolute Gasteiger partial charge is 0.371 e. The van der Waals surface area contributed by atoms with Crippen LogP contribution in [0, 0.1) is 5.41 Å². The van der Waals surface area contributed by atoms with Gasteiger partial charge in [-0.15, -0.1) is 0 Å². The minimum atomic E-state index is 0.112. The van der Waals surface area contributed by atoms with Crippen LogP contribution in [0.3, 0.4) is 0 Å². The molecule has 0 aromatic heterocycles. The Labute approximate surface area is 134 Å². The molecule has 1 heterocycles. The molecule has 0 spiro atoms. The smallest absolute Gasteiger partial charge is 0.0413 e. The fourth-order valence-corrected chi connectivity index (χ4v) is 3.19. The van der Waals surface area contributed by atoms with E-state index in [1.807, 2.05) is 6.07 Å². The van der Waals surface area contributed by atoms with Crippen LogP contribution in [-0.4, -0.2) is 18.6 Å². The highest BCUT2D eigenvalue weighted by Gasteiger charge is 2.27. The lowest BCUT2D eigenvalue weighted by Crippen LogP contribution is -2.41. The molecule has 1 saturated heterocycles. The van der Waals surface area contributed by atoms with E-state index in [1.165, 1.54) is 24.1 Å². The molecule has 1 fully saturated rings. The van der Waals surface area contributed by atoms with Crippen LogP contribution in [0.2, 0.25) is 5.02 Å². The van der Waals surface area contributed by atoms with Gasteiger partial charge in [-0.2, -0.15) is 0 Å². The predicted octanol–water partition coefficient (Wildman–Crippen LogP) is 4.85. The lowest BCUT2D eigenvalue weighted by Gasteiger charge is -2.40. The summed E-state index contributed by atoms with van der Waals surface area (Å²) < 4.78 is 0. The van der Waals surface area contributed by atoms with Crippen molar-refractivity contribution in [3.63, 3.8) is 0 Å². The zero-order valence-electron chi connectivity index (χ0n) is 14.1. The lowest BCUT2D eigenvalue weighted by atomic mass is 9.84. The van der Waals surface area contributed by atoms with Crippen molar-refractivity contribution in [1.29, 1.82) is 0 Å². The van der Waals surface area contributed by atoms with E-state index in [9.17, 15) is 0 Å². The van der Waals surface area contributed by atoms with Gasteiger partial charge in [0.1, 0.15) is 0 Å². The van der Waals surface area contributed by atoms with E-state index in [0.29, 0.717) is 5.41 Å². The molecule has 0 bridgehead atoms. The summed E-state index contributed by atoms with van der Waals surface area (Å²) in [7, 11) is 0. The molecule has 0 atom stereocenters. The van der Waals surface area contributed by atoms with Crippen molar-refractivity contribution in [3.05, 3.63) is 28.8 Å². The summed E-state index contributed by atoms with van der Waals surface area (Å²) in [6.07, 6.45) is 2.58. The number of nitrogens with one attached hydrogen (secondary N) is 1. The molecule has 1 aliphatic heterocycles. The quantitative estimate of drug-likeness (QED) is 0.858. The normalized spacial score (nSPS) is 18.9. The van der Waals surface area contributed by atoms with Gasteiger partial charge in [0, 0.05) is 35.9 Å². The second kappa shape index (κ2) is 6.18. The Morgan fingerprint density at radius 2 is 2.00 bits per heavy atom. The number of nitrogens with zero attached hydrogens (tertiary/aromatic N) is 1. The van der Waals surface area contributed by atoms with Crippen LogP contribution >= 0.6 is 11.6 Å². The van der Waals surface area contributed by atoms with Crippen molar-refractivity contribution in [3.8, 4) is 0 Å². The first-order chi connectivity index (χ1) is 9.66. The summed E-state index contributed by atoms with van der Waals surface area (Å²) in [4.78, 5) is 2.53. The molecule has 118 valence electrons. The molecule has 3 heteroatoms. The van der Waals surface area contributed by atoms with E-state index in [0.717, 1.165) is 24.7 Å². The van der Waals surface area contributed by atoms with Gasteiger partial charge in [0.2, 0.25) is 0 Å². The first-order valence-electron chi connectivity index (χ1n) is 7.95. The van der Waals surface area contributed by atoms with Gasteiger partial charge in [-0.25, -0.2) is 0 Å². The van der Waals surface area contributed by atoms with Crippen molar-refractivity contribution in [2.45, 2.75) is 59.5 Å². The first-order valence-corrected chi connectivity index (χ1v) is 8.33. The van der Waals surface area contributed by atoms with Gasteiger partial charge in [-0.1, -0.05) is 25.4 Å². The Balaban J connectivity index is 2.22. The van der Waals surface area contributed by atoms with E-state index in [1.54, 1.807) is 0 Å². The highest BCUT2D eigenvalue weighted by Crippen LogP contribution is 2.34. The molecule has 1 N–H and O–H groups in total. The molecule has 21 heavy (non-hydrogen) atoms. The van der Waals surface area contributed by atoms with Gasteiger partial charge in [0.05, 0.1) is 0 Å². The van der Waals surface area contributed by atoms with Crippen molar-refractivity contribution >= 4 is 17.3 Å². The molecular weight excluding hydrogens is 280 g/mol. The number of anilines is 1. The van der Waals surface area contributed by atoms with Gasteiger partial charge in [0.25, 0.3) is 0 Å². The van der Waals surface area contributed by atoms with E-state index >= 15 is 0 Å². The number of benzene rings is 1. The van der Waals surface area contributed by atoms with Crippen LogP contribution in [0.25, 0.3) is 0 Å². The standard InChI is InChI=1S/C18H29ClN2/c1-17(2,3)20-12-14-11-15(19)7-8-16(14)21-10-6-9-18(4,5)13-21/h7-8,11,20H,6,9-10,12-13H2,1-5H3. The minimum absolute atomic E-state index is 0.112. The molecule has 2 rings (SSSR count). The summed E-state index contributed by atoms with van der Waals surface area (Å²) >= 11 is 6.22. The van der Waals surface area contributed by atoms with Gasteiger partial charge >= 0.3 is 0 Å². The summed E-state index contributed by atoms with van der Waals surface area (Å²) in [5.74, 6) is 0. The molecule has 0 aliphatic carbocycles. The number of halogens is 1. The number of hydrogen-bond donors (Lipinski definition) is 1. The molecule has 0 radical (unpaired) electrons. The molecule has 2 nitrogen and oxygen atoms in total. The van der Waals surface area contributed by atoms with Crippen LogP contribution in [0.4, 0.5) is 5.69 Å². The molecule has 1 aliphatic rings. The maximum absolute atomic E-state index is 6.22. The number of rotatable bonds is 3. The molecule has 0 saturated carbocycles. The Morgan fingerprint density at radius 1 is 1.29 bits per heavy atom. The third-order valence-electron chi connectivity index (χ3n) is 4.09. The van der Waals surface area contributed by atoms with E-state index < -0.39 is 0 Å². The van der Waals surface area contributed by atoms with Crippen LogP contribution in [-0.2, 0) is 6.54 Å². The fraction of sp³-hybridized carbons (Fsp3) is 0.667. The predicted molar refractivity (Wildman–Crippen MR) is 93.3 cm³/mol. The van der Waals surface area contributed by atoms with Crippen LogP contribution in [0.5, 0.6) is 0 Å². The van der Waals surface area contributed by atoms with Gasteiger partial charge < -0.3 is 10.2 Å². The fourth-order valence-electron chi connectivity index (χ4n) is 2.99. The maximum atomic E-state index is 6.22. The summed E-state index contributed by atoms with van der Waals surface area (Å²) in [5.41, 5.74) is 3.15. The monoisotopic (exact) mass is 308 g/mol. The zero-order chi connectivity index (χ0) is 15.7. The Kier molecular flexibility index (Phi) is 4.89. The van der Waals surface area contributed by atoms with Gasteiger partial charge in [0.15, 0.2) is 0 Å². The van der Waals surface area contributed by atoms with E-state index in [4.69, 9.17) is 11.6 Å². The van der Waals surface area contributed by atoms with Crippen LogP contribution in [0.15, 0.2) is 18.2 Å². The summed E-state index contributed by atoms with van der Waals surface area (Å²) in [6, 6.07) is 6.31. The minimum Gasteiger partial charge on any atom is -0.371 e. The average molecular weight is 309 g/mol. The van der Waals surface area contributed by atoms with Crippen LogP contribution in [0.1, 0.15) is 53.0 Å². The van der Waals surface area contributed by atoms with Gasteiger partial charge in [-0.05, 0) is 62.8 Å². The topological polar surface area (TPSA) is 15.3 Å². The Morgan fingerprint density at radius 3 is 2.62 bits per heavy atom. The maximum Gasteiger partial charge on any atom is 0.0413 e. The second-order valence-electron chi connectivity index (χ2n) is 8.07. The third kappa shape index (κ3) is 4.89. The summed E-state index contributed by atoms with van der Waals surface area (Å²) in [6.45, 7) is 14.4. The molecule has 1 aromatic rings.